The van der Waals surface area contributed by atoms with Crippen molar-refractivity contribution in [2.75, 3.05) is 5.06 Å². The molecular formula is C9H9BrN2O2. The van der Waals surface area contributed by atoms with Gasteiger partial charge in [0.2, 0.25) is 0 Å². The van der Waals surface area contributed by atoms with Gasteiger partial charge in [0.25, 0.3) is 5.91 Å². The van der Waals surface area contributed by atoms with Crippen LogP contribution in [0.2, 0.25) is 0 Å². The van der Waals surface area contributed by atoms with Gasteiger partial charge >= 0.3 is 0 Å². The molecule has 0 saturated heterocycles. The number of hydroxylamine groups is 1. The van der Waals surface area contributed by atoms with Gasteiger partial charge in [-0.15, -0.1) is 0 Å². The molecule has 74 valence electrons. The molecule has 0 aromatic heterocycles. The zero-order valence-electron chi connectivity index (χ0n) is 7.27. The molecule has 0 spiro atoms. The molecule has 1 aromatic rings. The van der Waals surface area contributed by atoms with Crippen molar-refractivity contribution in [1.82, 2.24) is 0 Å². The van der Waals surface area contributed by atoms with E-state index in [0.717, 1.165) is 10.0 Å². The van der Waals surface area contributed by atoms with Crippen LogP contribution >= 0.6 is 15.9 Å². The fourth-order valence-corrected chi connectivity index (χ4v) is 1.86. The maximum absolute atomic E-state index is 11.3. The topological polar surface area (TPSA) is 66.6 Å². The van der Waals surface area contributed by atoms with E-state index in [0.29, 0.717) is 17.2 Å². The van der Waals surface area contributed by atoms with Crippen LogP contribution in [0.25, 0.3) is 0 Å². The van der Waals surface area contributed by atoms with Crippen molar-refractivity contribution in [2.45, 2.75) is 12.5 Å². The molecule has 1 aliphatic rings. The quantitative estimate of drug-likeness (QED) is 0.683. The summed E-state index contributed by atoms with van der Waals surface area (Å²) in [5.74, 6) is -0.462. The van der Waals surface area contributed by atoms with E-state index in [2.05, 4.69) is 15.9 Å². The van der Waals surface area contributed by atoms with Gasteiger partial charge in [0.05, 0.1) is 11.7 Å². The molecule has 0 radical (unpaired) electrons. The highest BCUT2D eigenvalue weighted by molar-refractivity contribution is 9.10. The van der Waals surface area contributed by atoms with E-state index in [-0.39, 0.29) is 0 Å². The maximum atomic E-state index is 11.3. The Bertz CT molecular complexity index is 394. The molecule has 1 aliphatic heterocycles. The molecule has 1 amide bonds. The average molecular weight is 257 g/mol. The second-order valence-corrected chi connectivity index (χ2v) is 4.15. The Morgan fingerprint density at radius 3 is 3.00 bits per heavy atom. The molecule has 4 nitrogen and oxygen atoms in total. The lowest BCUT2D eigenvalue weighted by molar-refractivity contribution is -0.125. The predicted molar refractivity (Wildman–Crippen MR) is 55.1 cm³/mol. The summed E-state index contributed by atoms with van der Waals surface area (Å²) in [5, 5.41) is 10.1. The first-order valence-electron chi connectivity index (χ1n) is 4.16. The zero-order valence-corrected chi connectivity index (χ0v) is 8.86. The molecule has 0 fully saturated rings. The minimum absolute atomic E-state index is 0.462. The third-order valence-electron chi connectivity index (χ3n) is 2.24. The summed E-state index contributed by atoms with van der Waals surface area (Å²) < 4.78 is 0.818. The monoisotopic (exact) mass is 256 g/mol. The first kappa shape index (κ1) is 9.64. The molecule has 14 heavy (non-hydrogen) atoms. The highest BCUT2D eigenvalue weighted by atomic mass is 79.9. The molecule has 0 aliphatic carbocycles. The van der Waals surface area contributed by atoms with Crippen LogP contribution < -0.4 is 10.8 Å². The SMILES string of the molecule is NC1Cc2ccc(Br)cc2N(O)C1=O. The van der Waals surface area contributed by atoms with Gasteiger partial charge in [-0.2, -0.15) is 5.06 Å². The van der Waals surface area contributed by atoms with Gasteiger partial charge in [-0.25, -0.2) is 0 Å². The summed E-state index contributed by atoms with van der Waals surface area (Å²) in [6, 6.07) is 4.75. The Kier molecular flexibility index (Phi) is 2.30. The van der Waals surface area contributed by atoms with Crippen LogP contribution in [0.3, 0.4) is 0 Å². The van der Waals surface area contributed by atoms with Gasteiger partial charge in [-0.1, -0.05) is 22.0 Å². The molecular weight excluding hydrogens is 248 g/mol. The van der Waals surface area contributed by atoms with Crippen LogP contribution in [0.5, 0.6) is 0 Å². The van der Waals surface area contributed by atoms with Crippen molar-refractivity contribution in [3.05, 3.63) is 28.2 Å². The number of anilines is 1. The minimum atomic E-state index is -0.645. The Labute approximate surface area is 89.4 Å². The van der Waals surface area contributed by atoms with Crippen molar-refractivity contribution in [1.29, 1.82) is 0 Å². The summed E-state index contributed by atoms with van der Waals surface area (Å²) in [4.78, 5) is 11.3. The molecule has 3 N–H and O–H groups in total. The molecule has 1 aromatic carbocycles. The summed E-state index contributed by atoms with van der Waals surface area (Å²) in [6.07, 6.45) is 0.471. The van der Waals surface area contributed by atoms with Crippen molar-refractivity contribution >= 4 is 27.5 Å². The van der Waals surface area contributed by atoms with Gasteiger partial charge < -0.3 is 5.73 Å². The van der Waals surface area contributed by atoms with Gasteiger partial charge in [-0.3, -0.25) is 10.0 Å². The summed E-state index contributed by atoms with van der Waals surface area (Å²) in [5.41, 5.74) is 6.94. The highest BCUT2D eigenvalue weighted by Gasteiger charge is 2.29. The van der Waals surface area contributed by atoms with Crippen molar-refractivity contribution < 1.29 is 10.0 Å². The smallest absolute Gasteiger partial charge is 0.267 e. The van der Waals surface area contributed by atoms with E-state index < -0.39 is 11.9 Å². The van der Waals surface area contributed by atoms with Crippen LogP contribution in [0.4, 0.5) is 5.69 Å². The third kappa shape index (κ3) is 1.43. The lowest BCUT2D eigenvalue weighted by Gasteiger charge is -2.27. The molecule has 1 unspecified atom stereocenters. The lowest BCUT2D eigenvalue weighted by atomic mass is 9.99. The van der Waals surface area contributed by atoms with Gasteiger partial charge in [0.1, 0.15) is 0 Å². The molecule has 2 rings (SSSR count). The predicted octanol–water partition coefficient (Wildman–Crippen LogP) is 1.05. The normalized spacial score (nSPS) is 20.9. The van der Waals surface area contributed by atoms with Gasteiger partial charge in [-0.05, 0) is 24.1 Å². The van der Waals surface area contributed by atoms with E-state index in [4.69, 9.17) is 5.73 Å². The largest absolute Gasteiger partial charge is 0.320 e. The Balaban J connectivity index is 2.51. The van der Waals surface area contributed by atoms with E-state index in [1.807, 2.05) is 12.1 Å². The molecule has 5 heteroatoms. The Hall–Kier alpha value is -0.910. The number of halogens is 1. The number of rotatable bonds is 0. The second kappa shape index (κ2) is 3.34. The lowest BCUT2D eigenvalue weighted by Crippen LogP contribution is -2.47. The number of amides is 1. The number of nitrogens with zero attached hydrogens (tertiary/aromatic N) is 1. The van der Waals surface area contributed by atoms with Gasteiger partial charge in [0.15, 0.2) is 0 Å². The third-order valence-corrected chi connectivity index (χ3v) is 2.73. The number of hydrogen-bond acceptors (Lipinski definition) is 3. The van der Waals surface area contributed by atoms with Gasteiger partial charge in [0, 0.05) is 4.47 Å². The van der Waals surface area contributed by atoms with E-state index in [1.165, 1.54) is 0 Å². The standard InChI is InChI=1S/C9H9BrN2O2/c10-6-2-1-5-3-7(11)9(13)12(14)8(5)4-6/h1-2,4,7,14H,3,11H2. The number of fused-ring (bicyclic) bond motifs is 1. The first-order valence-corrected chi connectivity index (χ1v) is 4.96. The fourth-order valence-electron chi connectivity index (χ4n) is 1.51. The van der Waals surface area contributed by atoms with Crippen LogP contribution in [0.1, 0.15) is 5.56 Å². The Morgan fingerprint density at radius 2 is 2.29 bits per heavy atom. The first-order chi connectivity index (χ1) is 6.59. The van der Waals surface area contributed by atoms with Crippen molar-refractivity contribution in [3.8, 4) is 0 Å². The fraction of sp³-hybridized carbons (Fsp3) is 0.222. The molecule has 1 heterocycles. The van der Waals surface area contributed by atoms with Crippen molar-refractivity contribution in [3.63, 3.8) is 0 Å². The molecule has 0 saturated carbocycles. The average Bonchev–Trinajstić information content (AvgIpc) is 2.16. The summed E-state index contributed by atoms with van der Waals surface area (Å²) in [7, 11) is 0. The van der Waals surface area contributed by atoms with E-state index in [1.54, 1.807) is 6.07 Å². The molecule has 1 atom stereocenters. The van der Waals surface area contributed by atoms with Crippen molar-refractivity contribution in [2.24, 2.45) is 5.73 Å². The summed E-state index contributed by atoms with van der Waals surface area (Å²) in [6.45, 7) is 0. The summed E-state index contributed by atoms with van der Waals surface area (Å²) >= 11 is 3.27. The number of carbonyl (C=O) groups excluding carboxylic acids is 1. The Morgan fingerprint density at radius 1 is 1.57 bits per heavy atom. The van der Waals surface area contributed by atoms with Crippen LogP contribution in [0.15, 0.2) is 22.7 Å². The number of benzene rings is 1. The number of nitrogens with two attached hydrogens (primary N) is 1. The highest BCUT2D eigenvalue weighted by Crippen LogP contribution is 2.28. The van der Waals surface area contributed by atoms with E-state index >= 15 is 0 Å². The van der Waals surface area contributed by atoms with Crippen LogP contribution in [0, 0.1) is 0 Å². The van der Waals surface area contributed by atoms with Crippen LogP contribution in [-0.2, 0) is 11.2 Å². The molecule has 0 bridgehead atoms. The zero-order chi connectivity index (χ0) is 10.3. The van der Waals surface area contributed by atoms with E-state index in [9.17, 15) is 10.0 Å². The number of carbonyl (C=O) groups is 1. The van der Waals surface area contributed by atoms with Crippen LogP contribution in [-0.4, -0.2) is 17.2 Å². The number of hydrogen-bond donors (Lipinski definition) is 2. The minimum Gasteiger partial charge on any atom is -0.320 e. The maximum Gasteiger partial charge on any atom is 0.267 e. The second-order valence-electron chi connectivity index (χ2n) is 3.23.